The van der Waals surface area contributed by atoms with Gasteiger partial charge in [-0.05, 0) is 42.9 Å². The van der Waals surface area contributed by atoms with Crippen molar-refractivity contribution < 1.29 is 13.9 Å². The molecule has 1 aromatic carbocycles. The van der Waals surface area contributed by atoms with Crippen LogP contribution in [0.15, 0.2) is 18.2 Å². The van der Waals surface area contributed by atoms with Gasteiger partial charge in [-0.2, -0.15) is 0 Å². The van der Waals surface area contributed by atoms with Crippen molar-refractivity contribution in [1.29, 1.82) is 0 Å². The number of benzene rings is 1. The molecular formula is C13H16F2O. The van der Waals surface area contributed by atoms with E-state index in [0.29, 0.717) is 24.3 Å². The van der Waals surface area contributed by atoms with Gasteiger partial charge in [-0.25, -0.2) is 8.78 Å². The minimum absolute atomic E-state index is 0.372. The van der Waals surface area contributed by atoms with Crippen molar-refractivity contribution in [2.24, 2.45) is 5.92 Å². The zero-order valence-corrected chi connectivity index (χ0v) is 9.34. The maximum atomic E-state index is 13.1. The molecule has 2 unspecified atom stereocenters. The first-order valence-electron chi connectivity index (χ1n) is 5.68. The summed E-state index contributed by atoms with van der Waals surface area (Å²) in [6, 6.07) is 3.31. The third kappa shape index (κ3) is 2.24. The smallest absolute Gasteiger partial charge is 0.126 e. The number of hydrogen-bond donors (Lipinski definition) is 1. The van der Waals surface area contributed by atoms with E-state index in [1.807, 2.05) is 0 Å². The van der Waals surface area contributed by atoms with E-state index in [1.54, 1.807) is 0 Å². The molecule has 3 heteroatoms. The predicted molar refractivity (Wildman–Crippen MR) is 57.9 cm³/mol. The zero-order valence-electron chi connectivity index (χ0n) is 9.34. The lowest BCUT2D eigenvalue weighted by molar-refractivity contribution is -0.0183. The van der Waals surface area contributed by atoms with Crippen molar-refractivity contribution in [2.45, 2.75) is 38.2 Å². The molecule has 2 atom stereocenters. The van der Waals surface area contributed by atoms with Gasteiger partial charge in [-0.15, -0.1) is 0 Å². The van der Waals surface area contributed by atoms with Crippen LogP contribution in [0.3, 0.4) is 0 Å². The number of hydrogen-bond acceptors (Lipinski definition) is 1. The third-order valence-corrected chi connectivity index (χ3v) is 3.37. The Morgan fingerprint density at radius 3 is 2.44 bits per heavy atom. The molecule has 0 bridgehead atoms. The third-order valence-electron chi connectivity index (χ3n) is 3.37. The Morgan fingerprint density at radius 1 is 1.25 bits per heavy atom. The van der Waals surface area contributed by atoms with Gasteiger partial charge in [0.25, 0.3) is 0 Å². The van der Waals surface area contributed by atoms with Crippen LogP contribution in [0.2, 0.25) is 0 Å². The van der Waals surface area contributed by atoms with Crippen molar-refractivity contribution in [3.8, 4) is 0 Å². The standard InChI is InChI=1S/C13H16F2O/c1-9-3-2-4-13(16,8-9)10-5-11(14)7-12(15)6-10/h5-7,9,16H,2-4,8H2,1H3. The Bertz CT molecular complexity index is 371. The molecule has 0 saturated heterocycles. The quantitative estimate of drug-likeness (QED) is 0.778. The molecule has 0 spiro atoms. The van der Waals surface area contributed by atoms with Crippen LogP contribution in [0.1, 0.15) is 38.2 Å². The van der Waals surface area contributed by atoms with Gasteiger partial charge >= 0.3 is 0 Å². The van der Waals surface area contributed by atoms with Crippen LogP contribution in [0, 0.1) is 17.6 Å². The lowest BCUT2D eigenvalue weighted by atomic mass is 9.75. The minimum atomic E-state index is -1.05. The van der Waals surface area contributed by atoms with Crippen LogP contribution >= 0.6 is 0 Å². The molecule has 0 heterocycles. The molecule has 0 aliphatic heterocycles. The molecule has 0 aromatic heterocycles. The van der Waals surface area contributed by atoms with E-state index in [4.69, 9.17) is 0 Å². The van der Waals surface area contributed by atoms with Crippen molar-refractivity contribution in [2.75, 3.05) is 0 Å². The highest BCUT2D eigenvalue weighted by atomic mass is 19.1. The second kappa shape index (κ2) is 4.13. The van der Waals surface area contributed by atoms with Gasteiger partial charge in [0.05, 0.1) is 5.60 Å². The number of rotatable bonds is 1. The van der Waals surface area contributed by atoms with Gasteiger partial charge in [0.1, 0.15) is 11.6 Å². The highest BCUT2D eigenvalue weighted by molar-refractivity contribution is 5.25. The van der Waals surface area contributed by atoms with E-state index < -0.39 is 17.2 Å². The Morgan fingerprint density at radius 2 is 1.88 bits per heavy atom. The summed E-state index contributed by atoms with van der Waals surface area (Å²) in [4.78, 5) is 0. The first-order chi connectivity index (χ1) is 7.49. The van der Waals surface area contributed by atoms with Gasteiger partial charge in [0, 0.05) is 6.07 Å². The summed E-state index contributed by atoms with van der Waals surface area (Å²) in [5.74, 6) is -0.853. The second-order valence-electron chi connectivity index (χ2n) is 4.89. The van der Waals surface area contributed by atoms with Crippen LogP contribution in [-0.4, -0.2) is 5.11 Å². The minimum Gasteiger partial charge on any atom is -0.385 e. The fourth-order valence-electron chi connectivity index (χ4n) is 2.61. The first kappa shape index (κ1) is 11.5. The molecule has 16 heavy (non-hydrogen) atoms. The van der Waals surface area contributed by atoms with Gasteiger partial charge in [0.2, 0.25) is 0 Å². The maximum Gasteiger partial charge on any atom is 0.126 e. The maximum absolute atomic E-state index is 13.1. The lowest BCUT2D eigenvalue weighted by Gasteiger charge is -2.36. The van der Waals surface area contributed by atoms with Crippen molar-refractivity contribution in [1.82, 2.24) is 0 Å². The Balaban J connectivity index is 2.34. The summed E-state index contributed by atoms with van der Waals surface area (Å²) in [5.41, 5.74) is -0.683. The molecule has 88 valence electrons. The van der Waals surface area contributed by atoms with E-state index in [9.17, 15) is 13.9 Å². The van der Waals surface area contributed by atoms with E-state index in [-0.39, 0.29) is 0 Å². The Hall–Kier alpha value is -0.960. The molecule has 2 rings (SSSR count). The largest absolute Gasteiger partial charge is 0.385 e. The SMILES string of the molecule is CC1CCCC(O)(c2cc(F)cc(F)c2)C1. The van der Waals surface area contributed by atoms with E-state index in [0.717, 1.165) is 18.9 Å². The highest BCUT2D eigenvalue weighted by Crippen LogP contribution is 2.40. The van der Waals surface area contributed by atoms with Crippen LogP contribution in [0.5, 0.6) is 0 Å². The summed E-state index contributed by atoms with van der Waals surface area (Å²) in [5, 5.41) is 10.4. The normalized spacial score (nSPS) is 30.4. The fraction of sp³-hybridized carbons (Fsp3) is 0.538. The van der Waals surface area contributed by atoms with E-state index in [2.05, 4.69) is 6.92 Å². The zero-order chi connectivity index (χ0) is 11.8. The Kier molecular flexibility index (Phi) is 2.98. The van der Waals surface area contributed by atoms with Crippen LogP contribution < -0.4 is 0 Å². The fourth-order valence-corrected chi connectivity index (χ4v) is 2.61. The lowest BCUT2D eigenvalue weighted by Crippen LogP contribution is -2.32. The van der Waals surface area contributed by atoms with Crippen molar-refractivity contribution in [3.63, 3.8) is 0 Å². The Labute approximate surface area is 94.1 Å². The summed E-state index contributed by atoms with van der Waals surface area (Å²) in [6.07, 6.45) is 3.13. The molecular weight excluding hydrogens is 210 g/mol. The summed E-state index contributed by atoms with van der Waals surface area (Å²) in [7, 11) is 0. The van der Waals surface area contributed by atoms with Gasteiger partial charge in [-0.3, -0.25) is 0 Å². The molecule has 1 aliphatic carbocycles. The molecule has 1 N–H and O–H groups in total. The molecule has 1 saturated carbocycles. The monoisotopic (exact) mass is 226 g/mol. The van der Waals surface area contributed by atoms with Crippen LogP contribution in [-0.2, 0) is 5.60 Å². The number of aliphatic hydroxyl groups is 1. The molecule has 1 aromatic rings. The second-order valence-corrected chi connectivity index (χ2v) is 4.89. The number of halogens is 2. The molecule has 1 fully saturated rings. The van der Waals surface area contributed by atoms with Gasteiger partial charge < -0.3 is 5.11 Å². The van der Waals surface area contributed by atoms with Gasteiger partial charge in [-0.1, -0.05) is 13.3 Å². The summed E-state index contributed by atoms with van der Waals surface area (Å²) < 4.78 is 26.2. The summed E-state index contributed by atoms with van der Waals surface area (Å²) in [6.45, 7) is 2.06. The average molecular weight is 226 g/mol. The van der Waals surface area contributed by atoms with Crippen LogP contribution in [0.25, 0.3) is 0 Å². The van der Waals surface area contributed by atoms with Crippen LogP contribution in [0.4, 0.5) is 8.78 Å². The topological polar surface area (TPSA) is 20.2 Å². The molecule has 0 radical (unpaired) electrons. The van der Waals surface area contributed by atoms with E-state index in [1.165, 1.54) is 12.1 Å². The van der Waals surface area contributed by atoms with E-state index >= 15 is 0 Å². The molecule has 0 amide bonds. The average Bonchev–Trinajstić information content (AvgIpc) is 2.15. The highest BCUT2D eigenvalue weighted by Gasteiger charge is 2.34. The van der Waals surface area contributed by atoms with Crippen molar-refractivity contribution >= 4 is 0 Å². The molecule has 1 aliphatic rings. The summed E-state index contributed by atoms with van der Waals surface area (Å²) >= 11 is 0. The predicted octanol–water partition coefficient (Wildman–Crippen LogP) is 3.36. The van der Waals surface area contributed by atoms with Crippen molar-refractivity contribution in [3.05, 3.63) is 35.4 Å². The molecule has 1 nitrogen and oxygen atoms in total. The van der Waals surface area contributed by atoms with Gasteiger partial charge in [0.15, 0.2) is 0 Å². The first-order valence-corrected chi connectivity index (χ1v) is 5.68.